The van der Waals surface area contributed by atoms with Crippen LogP contribution in [-0.4, -0.2) is 40.7 Å². The van der Waals surface area contributed by atoms with Crippen molar-refractivity contribution >= 4 is 40.9 Å². The molecule has 1 N–H and O–H groups in total. The first kappa shape index (κ1) is 23.9. The number of fused-ring (bicyclic) bond motifs is 4. The fraction of sp³-hybridized carbons (Fsp3) is 0.357. The maximum Gasteiger partial charge on any atom is 0.241 e. The Morgan fingerprint density at radius 2 is 1.78 bits per heavy atom. The van der Waals surface area contributed by atoms with Gasteiger partial charge >= 0.3 is 0 Å². The zero-order valence-electron chi connectivity index (χ0n) is 20.2. The summed E-state index contributed by atoms with van der Waals surface area (Å²) in [5.41, 5.74) is 0.418. The molecule has 2 heterocycles. The van der Waals surface area contributed by atoms with Crippen LogP contribution in [0, 0.1) is 34.9 Å². The van der Waals surface area contributed by atoms with Gasteiger partial charge in [0.1, 0.15) is 11.6 Å². The lowest BCUT2D eigenvalue weighted by Crippen LogP contribution is -2.48. The molecule has 0 bridgehead atoms. The molecule has 190 valence electrons. The van der Waals surface area contributed by atoms with Crippen LogP contribution in [0.25, 0.3) is 0 Å². The molecule has 0 aromatic heterocycles. The zero-order valence-corrected chi connectivity index (χ0v) is 20.9. The van der Waals surface area contributed by atoms with Gasteiger partial charge in [0.15, 0.2) is 0 Å². The van der Waals surface area contributed by atoms with Gasteiger partial charge in [0, 0.05) is 13.0 Å². The van der Waals surface area contributed by atoms with E-state index in [2.05, 4.69) is 0 Å². The van der Waals surface area contributed by atoms with Crippen LogP contribution >= 0.6 is 11.6 Å². The number of hydrogen-bond acceptors (Lipinski definition) is 5. The summed E-state index contributed by atoms with van der Waals surface area (Å²) in [5.74, 6) is -5.01. The maximum absolute atomic E-state index is 14.2. The van der Waals surface area contributed by atoms with Crippen LogP contribution in [0.5, 0.6) is 5.75 Å². The molecule has 0 unspecified atom stereocenters. The summed E-state index contributed by atoms with van der Waals surface area (Å²) in [5, 5.41) is 10.1. The van der Waals surface area contributed by atoms with E-state index in [0.29, 0.717) is 12.0 Å². The highest BCUT2D eigenvalue weighted by Crippen LogP contribution is 2.63. The molecule has 2 aromatic rings. The summed E-state index contributed by atoms with van der Waals surface area (Å²) >= 11 is 5.99. The first-order valence-electron chi connectivity index (χ1n) is 12.2. The number of likely N-dealkylation sites (tertiary alicyclic amines) is 1. The quantitative estimate of drug-likeness (QED) is 0.474. The third-order valence-corrected chi connectivity index (χ3v) is 9.15. The van der Waals surface area contributed by atoms with Crippen molar-refractivity contribution in [3.63, 3.8) is 0 Å². The Kier molecular flexibility index (Phi) is 5.15. The van der Waals surface area contributed by atoms with Crippen LogP contribution in [0.15, 0.2) is 54.1 Å². The van der Waals surface area contributed by atoms with Gasteiger partial charge in [-0.2, -0.15) is 0 Å². The number of anilines is 1. The Bertz CT molecular complexity index is 1440. The van der Waals surface area contributed by atoms with Gasteiger partial charge in [0.2, 0.25) is 23.6 Å². The molecule has 1 saturated carbocycles. The van der Waals surface area contributed by atoms with Crippen LogP contribution in [0.4, 0.5) is 10.1 Å². The van der Waals surface area contributed by atoms with Crippen LogP contribution in [0.1, 0.15) is 31.2 Å². The van der Waals surface area contributed by atoms with Gasteiger partial charge in [-0.1, -0.05) is 35.4 Å². The standard InChI is InChI=1S/C28H24ClFN2O5/c1-28-19(25(35)32(27(28)37)14-6-9-21(30)20(29)11-14)12-18-16(23(28)13-4-3-5-15(33)10-13)7-8-17-22(18)26(36)31(2)24(17)34/h3-7,9-11,17-19,22-23,33H,8,12H2,1-2H3/t17-,18+,19-,22-,23-,28+/m0/s1. The van der Waals surface area contributed by atoms with Crippen LogP contribution in [0.3, 0.4) is 0 Å². The number of nitrogens with zero attached hydrogens (tertiary/aromatic N) is 2. The number of benzene rings is 2. The minimum atomic E-state index is -1.24. The monoisotopic (exact) mass is 522 g/mol. The lowest BCUT2D eigenvalue weighted by Gasteiger charge is -2.49. The SMILES string of the molecule is CN1C(=O)[C@H]2[C@H](CC=C3[C@H]2C[C@H]2C(=O)N(c4ccc(F)c(Cl)c4)C(=O)[C@@]2(C)[C@H]3c2cccc(O)c2)C1=O. The topological polar surface area (TPSA) is 95.0 Å². The van der Waals surface area contributed by atoms with E-state index in [1.54, 1.807) is 25.1 Å². The lowest BCUT2D eigenvalue weighted by atomic mass is 9.51. The normalized spacial score (nSPS) is 32.9. The Morgan fingerprint density at radius 1 is 1.03 bits per heavy atom. The molecular formula is C28H24ClFN2O5. The Morgan fingerprint density at radius 3 is 2.49 bits per heavy atom. The number of phenols is 1. The van der Waals surface area contributed by atoms with E-state index in [4.69, 9.17) is 11.6 Å². The highest BCUT2D eigenvalue weighted by Gasteiger charge is 2.67. The molecule has 7 nitrogen and oxygen atoms in total. The molecule has 2 aliphatic heterocycles. The molecular weight excluding hydrogens is 499 g/mol. The van der Waals surface area contributed by atoms with E-state index in [-0.39, 0.29) is 34.7 Å². The number of halogens is 2. The molecule has 9 heteroatoms. The third kappa shape index (κ3) is 3.11. The summed E-state index contributed by atoms with van der Waals surface area (Å²) in [7, 11) is 1.48. The lowest BCUT2D eigenvalue weighted by molar-refractivity contribution is -0.138. The van der Waals surface area contributed by atoms with Crippen LogP contribution in [0.2, 0.25) is 5.02 Å². The minimum Gasteiger partial charge on any atom is -0.508 e. The summed E-state index contributed by atoms with van der Waals surface area (Å²) in [4.78, 5) is 56.3. The molecule has 2 aromatic carbocycles. The second-order valence-corrected chi connectivity index (χ2v) is 11.0. The molecule has 2 aliphatic carbocycles. The molecule has 37 heavy (non-hydrogen) atoms. The van der Waals surface area contributed by atoms with Crippen molar-refractivity contribution < 1.29 is 28.7 Å². The van der Waals surface area contributed by atoms with E-state index >= 15 is 0 Å². The average molecular weight is 523 g/mol. The highest BCUT2D eigenvalue weighted by molar-refractivity contribution is 6.31. The minimum absolute atomic E-state index is 0.0138. The van der Waals surface area contributed by atoms with E-state index in [1.807, 2.05) is 6.08 Å². The maximum atomic E-state index is 14.2. The van der Waals surface area contributed by atoms with Gasteiger partial charge in [0.25, 0.3) is 0 Å². The molecule has 3 fully saturated rings. The van der Waals surface area contributed by atoms with Gasteiger partial charge in [-0.3, -0.25) is 24.1 Å². The molecule has 0 spiro atoms. The van der Waals surface area contributed by atoms with E-state index in [1.165, 1.54) is 25.2 Å². The fourth-order valence-corrected chi connectivity index (χ4v) is 7.30. The highest BCUT2D eigenvalue weighted by atomic mass is 35.5. The van der Waals surface area contributed by atoms with Crippen molar-refractivity contribution in [2.24, 2.45) is 29.1 Å². The van der Waals surface area contributed by atoms with Gasteiger partial charge in [-0.05, 0) is 61.6 Å². The largest absolute Gasteiger partial charge is 0.508 e. The van der Waals surface area contributed by atoms with E-state index < -0.39 is 52.6 Å². The predicted octanol–water partition coefficient (Wildman–Crippen LogP) is 4.05. The van der Waals surface area contributed by atoms with Crippen molar-refractivity contribution in [2.45, 2.75) is 25.7 Å². The van der Waals surface area contributed by atoms with E-state index in [9.17, 15) is 28.7 Å². The average Bonchev–Trinajstić information content (AvgIpc) is 3.20. The Hall–Kier alpha value is -3.52. The van der Waals surface area contributed by atoms with Crippen molar-refractivity contribution in [2.75, 3.05) is 11.9 Å². The third-order valence-electron chi connectivity index (χ3n) is 8.86. The van der Waals surface area contributed by atoms with Gasteiger partial charge in [-0.25, -0.2) is 9.29 Å². The molecule has 2 saturated heterocycles. The van der Waals surface area contributed by atoms with Gasteiger partial charge in [0.05, 0.1) is 33.9 Å². The molecule has 6 rings (SSSR count). The van der Waals surface area contributed by atoms with Gasteiger partial charge < -0.3 is 5.11 Å². The number of rotatable bonds is 2. The number of carbonyl (C=O) groups excluding carboxylic acids is 4. The van der Waals surface area contributed by atoms with Gasteiger partial charge in [-0.15, -0.1) is 0 Å². The molecule has 4 aliphatic rings. The van der Waals surface area contributed by atoms with E-state index in [0.717, 1.165) is 21.4 Å². The Labute approximate surface area is 217 Å². The number of amides is 4. The van der Waals surface area contributed by atoms with Crippen molar-refractivity contribution in [1.29, 1.82) is 0 Å². The smallest absolute Gasteiger partial charge is 0.241 e. The van der Waals surface area contributed by atoms with Crippen LogP contribution < -0.4 is 4.90 Å². The number of phenolic OH excluding ortho intramolecular Hbond substituents is 1. The zero-order chi connectivity index (χ0) is 26.4. The van der Waals surface area contributed by atoms with Crippen molar-refractivity contribution in [3.8, 4) is 5.75 Å². The Balaban J connectivity index is 1.53. The first-order chi connectivity index (χ1) is 17.6. The molecule has 4 amide bonds. The fourth-order valence-electron chi connectivity index (χ4n) is 7.13. The van der Waals surface area contributed by atoms with Crippen molar-refractivity contribution in [3.05, 3.63) is 70.5 Å². The molecule has 6 atom stereocenters. The second-order valence-electron chi connectivity index (χ2n) is 10.6. The van der Waals surface area contributed by atoms with Crippen LogP contribution in [-0.2, 0) is 19.2 Å². The predicted molar refractivity (Wildman–Crippen MR) is 132 cm³/mol. The second kappa shape index (κ2) is 7.99. The number of carbonyl (C=O) groups is 4. The molecule has 0 radical (unpaired) electrons. The first-order valence-corrected chi connectivity index (χ1v) is 12.6. The number of allylic oxidation sites excluding steroid dienone is 2. The summed E-state index contributed by atoms with van der Waals surface area (Å²) in [6.45, 7) is 1.74. The number of hydrogen-bond donors (Lipinski definition) is 1. The summed E-state index contributed by atoms with van der Waals surface area (Å²) in [6, 6.07) is 10.3. The number of imide groups is 2. The number of aromatic hydroxyl groups is 1. The summed E-state index contributed by atoms with van der Waals surface area (Å²) in [6.07, 6.45) is 2.53. The van der Waals surface area contributed by atoms with Crippen molar-refractivity contribution in [1.82, 2.24) is 4.90 Å². The summed E-state index contributed by atoms with van der Waals surface area (Å²) < 4.78 is 13.9.